The number of allylic oxidation sites excluding steroid dienone is 1. The Morgan fingerprint density at radius 1 is 1.31 bits per heavy atom. The molecule has 0 spiro atoms. The second-order valence-corrected chi connectivity index (χ2v) is 2.59. The normalized spacial score (nSPS) is 9.46. The summed E-state index contributed by atoms with van der Waals surface area (Å²) < 4.78 is 0. The van der Waals surface area contributed by atoms with Gasteiger partial charge in [0.1, 0.15) is 0 Å². The Morgan fingerprint density at radius 2 is 2.08 bits per heavy atom. The van der Waals surface area contributed by atoms with E-state index in [1.807, 2.05) is 25.1 Å². The van der Waals surface area contributed by atoms with Gasteiger partial charge in [-0.05, 0) is 30.2 Å². The van der Waals surface area contributed by atoms with Gasteiger partial charge in [-0.15, -0.1) is 0 Å². The van der Waals surface area contributed by atoms with Crippen LogP contribution < -0.4 is 0 Å². The fourth-order valence-corrected chi connectivity index (χ4v) is 1.08. The first-order valence-electron chi connectivity index (χ1n) is 3.85. The van der Waals surface area contributed by atoms with E-state index in [-0.39, 0.29) is 0 Å². The Hall–Kier alpha value is -2.06. The van der Waals surface area contributed by atoms with Crippen molar-refractivity contribution in [3.05, 3.63) is 41.0 Å². The van der Waals surface area contributed by atoms with E-state index in [9.17, 15) is 0 Å². The predicted molar refractivity (Wildman–Crippen MR) is 50.5 cm³/mol. The molecule has 1 aromatic rings. The SMILES string of the molecule is Cc1c(C#N)cccc1C=CC#N. The third-order valence-corrected chi connectivity index (χ3v) is 1.83. The maximum absolute atomic E-state index is 8.73. The Bertz CT molecular complexity index is 417. The summed E-state index contributed by atoms with van der Waals surface area (Å²) in [6.45, 7) is 1.87. The van der Waals surface area contributed by atoms with Crippen LogP contribution in [0, 0.1) is 29.6 Å². The first-order chi connectivity index (χ1) is 6.29. The summed E-state index contributed by atoms with van der Waals surface area (Å²) >= 11 is 0. The zero-order valence-corrected chi connectivity index (χ0v) is 7.28. The van der Waals surface area contributed by atoms with Gasteiger partial charge >= 0.3 is 0 Å². The number of hydrogen-bond donors (Lipinski definition) is 0. The smallest absolute Gasteiger partial charge is 0.0994 e. The van der Waals surface area contributed by atoms with Crippen LogP contribution in [0.3, 0.4) is 0 Å². The summed E-state index contributed by atoms with van der Waals surface area (Å²) in [5.74, 6) is 0. The van der Waals surface area contributed by atoms with Gasteiger partial charge in [-0.3, -0.25) is 0 Å². The molecular weight excluding hydrogens is 160 g/mol. The molecule has 0 unspecified atom stereocenters. The van der Waals surface area contributed by atoms with Gasteiger partial charge in [-0.1, -0.05) is 12.1 Å². The monoisotopic (exact) mass is 168 g/mol. The van der Waals surface area contributed by atoms with Crippen LogP contribution in [-0.4, -0.2) is 0 Å². The number of hydrogen-bond acceptors (Lipinski definition) is 2. The molecule has 1 aromatic carbocycles. The summed E-state index contributed by atoms with van der Waals surface area (Å²) in [5, 5.41) is 17.1. The average molecular weight is 168 g/mol. The van der Waals surface area contributed by atoms with Crippen molar-refractivity contribution >= 4 is 6.08 Å². The van der Waals surface area contributed by atoms with Crippen molar-refractivity contribution in [3.8, 4) is 12.1 Å². The molecule has 0 heterocycles. The van der Waals surface area contributed by atoms with Crippen molar-refractivity contribution in [1.82, 2.24) is 0 Å². The van der Waals surface area contributed by atoms with Gasteiger partial charge in [0, 0.05) is 6.08 Å². The molecule has 0 bridgehead atoms. The lowest BCUT2D eigenvalue weighted by atomic mass is 10.0. The van der Waals surface area contributed by atoms with Crippen molar-refractivity contribution in [3.63, 3.8) is 0 Å². The fourth-order valence-electron chi connectivity index (χ4n) is 1.08. The summed E-state index contributed by atoms with van der Waals surface area (Å²) in [4.78, 5) is 0. The van der Waals surface area contributed by atoms with E-state index in [1.54, 1.807) is 12.1 Å². The van der Waals surface area contributed by atoms with Crippen LogP contribution in [-0.2, 0) is 0 Å². The highest BCUT2D eigenvalue weighted by atomic mass is 14.2. The van der Waals surface area contributed by atoms with Crippen LogP contribution in [0.4, 0.5) is 0 Å². The second-order valence-electron chi connectivity index (χ2n) is 2.59. The number of nitrogens with zero attached hydrogens (tertiary/aromatic N) is 2. The summed E-state index contributed by atoms with van der Waals surface area (Å²) in [5.41, 5.74) is 2.48. The molecule has 0 aliphatic heterocycles. The highest BCUT2D eigenvalue weighted by molar-refractivity contribution is 5.59. The van der Waals surface area contributed by atoms with Crippen molar-refractivity contribution in [1.29, 1.82) is 10.5 Å². The molecule has 0 atom stereocenters. The molecule has 62 valence electrons. The summed E-state index contributed by atoms with van der Waals surface area (Å²) in [6.07, 6.45) is 3.11. The molecule has 0 amide bonds. The zero-order chi connectivity index (χ0) is 9.68. The molecule has 0 aromatic heterocycles. The van der Waals surface area contributed by atoms with Gasteiger partial charge < -0.3 is 0 Å². The lowest BCUT2D eigenvalue weighted by molar-refractivity contribution is 1.38. The maximum atomic E-state index is 8.73. The largest absolute Gasteiger partial charge is 0.193 e. The molecule has 0 saturated heterocycles. The van der Waals surface area contributed by atoms with Crippen LogP contribution in [0.5, 0.6) is 0 Å². The van der Waals surface area contributed by atoms with E-state index in [1.165, 1.54) is 6.08 Å². The average Bonchev–Trinajstić information content (AvgIpc) is 2.16. The van der Waals surface area contributed by atoms with Crippen molar-refractivity contribution < 1.29 is 0 Å². The lowest BCUT2D eigenvalue weighted by Crippen LogP contribution is -1.85. The molecule has 2 heteroatoms. The van der Waals surface area contributed by atoms with Gasteiger partial charge in [0.05, 0.1) is 17.7 Å². The molecule has 0 N–H and O–H groups in total. The van der Waals surface area contributed by atoms with E-state index in [0.717, 1.165) is 11.1 Å². The van der Waals surface area contributed by atoms with Gasteiger partial charge in [-0.25, -0.2) is 0 Å². The van der Waals surface area contributed by atoms with E-state index in [2.05, 4.69) is 6.07 Å². The molecule has 2 nitrogen and oxygen atoms in total. The quantitative estimate of drug-likeness (QED) is 0.604. The van der Waals surface area contributed by atoms with Gasteiger partial charge in [0.2, 0.25) is 0 Å². The highest BCUT2D eigenvalue weighted by Crippen LogP contribution is 2.13. The minimum Gasteiger partial charge on any atom is -0.193 e. The van der Waals surface area contributed by atoms with Crippen LogP contribution in [0.2, 0.25) is 0 Å². The molecule has 13 heavy (non-hydrogen) atoms. The van der Waals surface area contributed by atoms with E-state index < -0.39 is 0 Å². The Balaban J connectivity index is 3.19. The van der Waals surface area contributed by atoms with Crippen molar-refractivity contribution in [2.45, 2.75) is 6.92 Å². The minimum absolute atomic E-state index is 0.653. The zero-order valence-electron chi connectivity index (χ0n) is 7.28. The predicted octanol–water partition coefficient (Wildman–Crippen LogP) is 2.40. The Morgan fingerprint density at radius 3 is 2.69 bits per heavy atom. The number of nitriles is 2. The molecule has 0 radical (unpaired) electrons. The van der Waals surface area contributed by atoms with E-state index in [4.69, 9.17) is 10.5 Å². The van der Waals surface area contributed by atoms with Gasteiger partial charge in [-0.2, -0.15) is 10.5 Å². The Labute approximate surface area is 77.4 Å². The van der Waals surface area contributed by atoms with Crippen LogP contribution in [0.1, 0.15) is 16.7 Å². The van der Waals surface area contributed by atoms with Crippen molar-refractivity contribution in [2.24, 2.45) is 0 Å². The van der Waals surface area contributed by atoms with Crippen molar-refractivity contribution in [2.75, 3.05) is 0 Å². The second kappa shape index (κ2) is 4.09. The third-order valence-electron chi connectivity index (χ3n) is 1.83. The van der Waals surface area contributed by atoms with Crippen LogP contribution in [0.15, 0.2) is 24.3 Å². The summed E-state index contributed by atoms with van der Waals surface area (Å²) in [6, 6.07) is 9.46. The number of benzene rings is 1. The fraction of sp³-hybridized carbons (Fsp3) is 0.0909. The summed E-state index contributed by atoms with van der Waals surface area (Å²) in [7, 11) is 0. The highest BCUT2D eigenvalue weighted by Gasteiger charge is 1.98. The molecule has 0 aliphatic carbocycles. The Kier molecular flexibility index (Phi) is 2.84. The van der Waals surface area contributed by atoms with Crippen LogP contribution >= 0.6 is 0 Å². The minimum atomic E-state index is 0.653. The number of rotatable bonds is 1. The molecule has 0 saturated carbocycles. The molecular formula is C11H8N2. The molecule has 0 aliphatic rings. The lowest BCUT2D eigenvalue weighted by Gasteiger charge is -2.00. The standard InChI is InChI=1S/C11H8N2/c1-9-10(6-3-7-12)4-2-5-11(9)8-13/h2-6H,1H3. The topological polar surface area (TPSA) is 47.6 Å². The third kappa shape index (κ3) is 1.95. The first-order valence-corrected chi connectivity index (χ1v) is 3.85. The maximum Gasteiger partial charge on any atom is 0.0994 e. The van der Waals surface area contributed by atoms with Gasteiger partial charge in [0.15, 0.2) is 0 Å². The van der Waals surface area contributed by atoms with E-state index >= 15 is 0 Å². The van der Waals surface area contributed by atoms with Crippen LogP contribution in [0.25, 0.3) is 6.08 Å². The molecule has 0 fully saturated rings. The van der Waals surface area contributed by atoms with Gasteiger partial charge in [0.25, 0.3) is 0 Å². The molecule has 1 rings (SSSR count). The van der Waals surface area contributed by atoms with E-state index in [0.29, 0.717) is 5.56 Å². The first kappa shape index (κ1) is 9.03.